The normalized spacial score (nSPS) is 11.1. The number of ketones is 1. The maximum atomic E-state index is 12.2. The molecular formula is C18H12O4. The zero-order valence-electron chi connectivity index (χ0n) is 11.5. The van der Waals surface area contributed by atoms with Gasteiger partial charge in [0.1, 0.15) is 16.9 Å². The van der Waals surface area contributed by atoms with E-state index in [-0.39, 0.29) is 16.9 Å². The largest absolute Gasteiger partial charge is 0.506 e. The van der Waals surface area contributed by atoms with Crippen molar-refractivity contribution in [2.24, 2.45) is 0 Å². The summed E-state index contributed by atoms with van der Waals surface area (Å²) in [5.74, 6) is -0.949. The fourth-order valence-electron chi connectivity index (χ4n) is 2.17. The van der Waals surface area contributed by atoms with Crippen LogP contribution in [0, 0.1) is 0 Å². The molecule has 0 bridgehead atoms. The van der Waals surface area contributed by atoms with Crippen LogP contribution in [0.1, 0.15) is 15.9 Å². The van der Waals surface area contributed by atoms with Crippen LogP contribution in [0.3, 0.4) is 0 Å². The molecule has 0 aliphatic rings. The van der Waals surface area contributed by atoms with Crippen molar-refractivity contribution < 1.29 is 14.3 Å². The predicted octanol–water partition coefficient (Wildman–Crippen LogP) is 3.39. The molecule has 0 aliphatic carbocycles. The number of para-hydroxylation sites is 1. The molecule has 1 N–H and O–H groups in total. The van der Waals surface area contributed by atoms with E-state index >= 15 is 0 Å². The number of hydrogen-bond acceptors (Lipinski definition) is 4. The molecule has 0 unspecified atom stereocenters. The highest BCUT2D eigenvalue weighted by molar-refractivity contribution is 6.10. The lowest BCUT2D eigenvalue weighted by Gasteiger charge is -2.03. The van der Waals surface area contributed by atoms with Crippen molar-refractivity contribution in [2.75, 3.05) is 0 Å². The van der Waals surface area contributed by atoms with Crippen LogP contribution in [0.4, 0.5) is 0 Å². The maximum Gasteiger partial charge on any atom is 0.351 e. The van der Waals surface area contributed by atoms with E-state index in [9.17, 15) is 14.7 Å². The van der Waals surface area contributed by atoms with Gasteiger partial charge in [0, 0.05) is 0 Å². The number of carbonyl (C=O) groups excluding carboxylic acids is 1. The Morgan fingerprint density at radius 2 is 1.68 bits per heavy atom. The van der Waals surface area contributed by atoms with Crippen LogP contribution >= 0.6 is 0 Å². The first-order chi connectivity index (χ1) is 10.7. The number of carbonyl (C=O) groups is 1. The van der Waals surface area contributed by atoms with Crippen LogP contribution in [0.2, 0.25) is 0 Å². The van der Waals surface area contributed by atoms with Gasteiger partial charge >= 0.3 is 5.63 Å². The minimum atomic E-state index is -0.848. The van der Waals surface area contributed by atoms with Gasteiger partial charge in [-0.05, 0) is 23.8 Å². The Kier molecular flexibility index (Phi) is 3.58. The molecule has 3 aromatic rings. The van der Waals surface area contributed by atoms with Crippen LogP contribution < -0.4 is 5.63 Å². The van der Waals surface area contributed by atoms with Crippen LogP contribution in [0.15, 0.2) is 69.9 Å². The molecule has 108 valence electrons. The summed E-state index contributed by atoms with van der Waals surface area (Å²) < 4.78 is 5.08. The summed E-state index contributed by atoms with van der Waals surface area (Å²) in [5.41, 5.74) is -0.140. The van der Waals surface area contributed by atoms with Gasteiger partial charge in [0.2, 0.25) is 0 Å². The van der Waals surface area contributed by atoms with Gasteiger partial charge in [-0.25, -0.2) is 4.79 Å². The number of benzene rings is 2. The molecule has 0 aliphatic heterocycles. The number of hydrogen-bond donors (Lipinski definition) is 1. The van der Waals surface area contributed by atoms with Gasteiger partial charge in [-0.1, -0.05) is 48.5 Å². The molecule has 4 nitrogen and oxygen atoms in total. The first-order valence-electron chi connectivity index (χ1n) is 6.69. The molecule has 0 radical (unpaired) electrons. The molecule has 0 atom stereocenters. The molecule has 4 heteroatoms. The van der Waals surface area contributed by atoms with E-state index in [0.29, 0.717) is 5.39 Å². The minimum Gasteiger partial charge on any atom is -0.506 e. The van der Waals surface area contributed by atoms with E-state index < -0.39 is 11.4 Å². The van der Waals surface area contributed by atoms with Gasteiger partial charge in [0.05, 0.1) is 5.39 Å². The Morgan fingerprint density at radius 1 is 1.00 bits per heavy atom. The average molecular weight is 292 g/mol. The molecule has 0 amide bonds. The monoisotopic (exact) mass is 292 g/mol. The summed E-state index contributed by atoms with van der Waals surface area (Å²) in [4.78, 5) is 24.1. The van der Waals surface area contributed by atoms with E-state index in [1.807, 2.05) is 30.3 Å². The second-order valence-corrected chi connectivity index (χ2v) is 4.72. The van der Waals surface area contributed by atoms with E-state index in [1.165, 1.54) is 6.08 Å². The van der Waals surface area contributed by atoms with E-state index in [1.54, 1.807) is 30.3 Å². The van der Waals surface area contributed by atoms with Crippen LogP contribution in [0.5, 0.6) is 5.75 Å². The first kappa shape index (κ1) is 13.8. The van der Waals surface area contributed by atoms with Gasteiger partial charge in [0.15, 0.2) is 5.78 Å². The van der Waals surface area contributed by atoms with E-state index in [4.69, 9.17) is 4.42 Å². The second kappa shape index (κ2) is 5.69. The highest BCUT2D eigenvalue weighted by Gasteiger charge is 2.18. The lowest BCUT2D eigenvalue weighted by molar-refractivity contribution is 0.104. The lowest BCUT2D eigenvalue weighted by atomic mass is 10.1. The summed E-state index contributed by atoms with van der Waals surface area (Å²) in [6.45, 7) is 0. The van der Waals surface area contributed by atoms with Gasteiger partial charge in [0.25, 0.3) is 0 Å². The van der Waals surface area contributed by atoms with Crippen LogP contribution in [0.25, 0.3) is 17.0 Å². The van der Waals surface area contributed by atoms with Crippen LogP contribution in [-0.2, 0) is 0 Å². The lowest BCUT2D eigenvalue weighted by Crippen LogP contribution is -2.12. The average Bonchev–Trinajstić information content (AvgIpc) is 2.54. The fraction of sp³-hybridized carbons (Fsp3) is 0. The molecule has 0 saturated heterocycles. The minimum absolute atomic E-state index is 0.244. The third kappa shape index (κ3) is 2.54. The number of rotatable bonds is 3. The Morgan fingerprint density at radius 3 is 2.45 bits per heavy atom. The predicted molar refractivity (Wildman–Crippen MR) is 84.0 cm³/mol. The third-order valence-corrected chi connectivity index (χ3v) is 3.26. The molecule has 0 spiro atoms. The van der Waals surface area contributed by atoms with Crippen LogP contribution in [-0.4, -0.2) is 10.9 Å². The van der Waals surface area contributed by atoms with Gasteiger partial charge in [-0.15, -0.1) is 0 Å². The van der Waals surface area contributed by atoms with Crippen molar-refractivity contribution in [2.45, 2.75) is 0 Å². The zero-order chi connectivity index (χ0) is 15.5. The highest BCUT2D eigenvalue weighted by Crippen LogP contribution is 2.26. The summed E-state index contributed by atoms with van der Waals surface area (Å²) in [5, 5.41) is 10.5. The van der Waals surface area contributed by atoms with Crippen molar-refractivity contribution in [1.82, 2.24) is 0 Å². The number of allylic oxidation sites excluding steroid dienone is 1. The molecule has 2 aromatic carbocycles. The van der Waals surface area contributed by atoms with Gasteiger partial charge in [-0.2, -0.15) is 0 Å². The van der Waals surface area contributed by atoms with Gasteiger partial charge in [-0.3, -0.25) is 4.79 Å². The van der Waals surface area contributed by atoms with Crippen molar-refractivity contribution in [1.29, 1.82) is 0 Å². The third-order valence-electron chi connectivity index (χ3n) is 3.26. The zero-order valence-corrected chi connectivity index (χ0v) is 11.5. The summed E-state index contributed by atoms with van der Waals surface area (Å²) in [6.07, 6.45) is 2.83. The smallest absolute Gasteiger partial charge is 0.351 e. The fourth-order valence-corrected chi connectivity index (χ4v) is 2.17. The van der Waals surface area contributed by atoms with Crippen molar-refractivity contribution >= 4 is 22.8 Å². The number of aromatic hydroxyl groups is 1. The SMILES string of the molecule is O=C(C=Cc1ccccc1)c1c(O)c2ccccc2oc1=O. The van der Waals surface area contributed by atoms with E-state index in [2.05, 4.69) is 0 Å². The topological polar surface area (TPSA) is 67.5 Å². The Bertz CT molecular complexity index is 921. The van der Waals surface area contributed by atoms with Crippen molar-refractivity contribution in [3.63, 3.8) is 0 Å². The first-order valence-corrected chi connectivity index (χ1v) is 6.69. The quantitative estimate of drug-likeness (QED) is 0.456. The molecule has 22 heavy (non-hydrogen) atoms. The maximum absolute atomic E-state index is 12.2. The summed E-state index contributed by atoms with van der Waals surface area (Å²) in [6, 6.07) is 15.7. The Hall–Kier alpha value is -3.14. The molecule has 1 aromatic heterocycles. The second-order valence-electron chi connectivity index (χ2n) is 4.72. The molecule has 0 saturated carbocycles. The molecule has 0 fully saturated rings. The van der Waals surface area contributed by atoms with E-state index in [0.717, 1.165) is 5.56 Å². The van der Waals surface area contributed by atoms with Crippen molar-refractivity contribution in [3.8, 4) is 5.75 Å². The highest BCUT2D eigenvalue weighted by atomic mass is 16.4. The molecule has 1 heterocycles. The molecular weight excluding hydrogens is 280 g/mol. The number of fused-ring (bicyclic) bond motifs is 1. The Balaban J connectivity index is 2.05. The summed E-state index contributed by atoms with van der Waals surface area (Å²) in [7, 11) is 0. The molecule has 3 rings (SSSR count). The van der Waals surface area contributed by atoms with Crippen molar-refractivity contribution in [3.05, 3.63) is 82.2 Å². The standard InChI is InChI=1S/C18H12O4/c19-14(11-10-12-6-2-1-3-7-12)16-17(20)13-8-4-5-9-15(13)22-18(16)21/h1-11,20H. The van der Waals surface area contributed by atoms with Gasteiger partial charge < -0.3 is 9.52 Å². The Labute approximate surface area is 125 Å². The summed E-state index contributed by atoms with van der Waals surface area (Å²) >= 11 is 0.